The van der Waals surface area contributed by atoms with Crippen LogP contribution in [-0.4, -0.2) is 25.2 Å². The molecule has 1 atom stereocenters. The van der Waals surface area contributed by atoms with E-state index >= 15 is 0 Å². The number of hydrogen-bond donors (Lipinski definition) is 1. The second-order valence-corrected chi connectivity index (χ2v) is 5.15. The highest BCUT2D eigenvalue weighted by Crippen LogP contribution is 2.15. The lowest BCUT2D eigenvalue weighted by atomic mass is 9.98. The second kappa shape index (κ2) is 8.51. The summed E-state index contributed by atoms with van der Waals surface area (Å²) in [6.07, 6.45) is 7.96. The van der Waals surface area contributed by atoms with Crippen LogP contribution in [0.1, 0.15) is 58.8 Å². The first-order valence-electron chi connectivity index (χ1n) is 7.12. The highest BCUT2D eigenvalue weighted by atomic mass is 16.5. The third kappa shape index (κ3) is 6.06. The van der Waals surface area contributed by atoms with Gasteiger partial charge in [-0.3, -0.25) is 4.79 Å². The van der Waals surface area contributed by atoms with E-state index in [9.17, 15) is 4.79 Å². The van der Waals surface area contributed by atoms with E-state index in [-0.39, 0.29) is 11.8 Å². The van der Waals surface area contributed by atoms with Crippen molar-refractivity contribution in [3.63, 3.8) is 0 Å². The number of amides is 1. The average molecular weight is 241 g/mol. The maximum atomic E-state index is 11.9. The molecule has 0 saturated carbocycles. The Bertz CT molecular complexity index is 212. The summed E-state index contributed by atoms with van der Waals surface area (Å²) in [6.45, 7) is 5.81. The summed E-state index contributed by atoms with van der Waals surface area (Å²) >= 11 is 0. The Hall–Kier alpha value is -0.570. The summed E-state index contributed by atoms with van der Waals surface area (Å²) < 4.78 is 5.27. The van der Waals surface area contributed by atoms with Crippen LogP contribution in [0.15, 0.2) is 0 Å². The lowest BCUT2D eigenvalue weighted by Gasteiger charge is -2.23. The van der Waals surface area contributed by atoms with E-state index in [1.54, 1.807) is 0 Å². The summed E-state index contributed by atoms with van der Waals surface area (Å²) in [5, 5.41) is 3.13. The zero-order valence-corrected chi connectivity index (χ0v) is 11.3. The first kappa shape index (κ1) is 14.5. The Morgan fingerprint density at radius 2 is 2.00 bits per heavy atom. The molecule has 17 heavy (non-hydrogen) atoms. The zero-order valence-electron chi connectivity index (χ0n) is 11.3. The fraction of sp³-hybridized carbons (Fsp3) is 0.929. The SMILES string of the molecule is CCCCCCC(C)NC(=O)C1CCOCC1. The van der Waals surface area contributed by atoms with Gasteiger partial charge >= 0.3 is 0 Å². The van der Waals surface area contributed by atoms with Gasteiger partial charge in [0.1, 0.15) is 0 Å². The molecule has 0 bridgehead atoms. The van der Waals surface area contributed by atoms with Crippen LogP contribution in [0.3, 0.4) is 0 Å². The van der Waals surface area contributed by atoms with Gasteiger partial charge < -0.3 is 10.1 Å². The monoisotopic (exact) mass is 241 g/mol. The van der Waals surface area contributed by atoms with Crippen LogP contribution >= 0.6 is 0 Å². The van der Waals surface area contributed by atoms with Gasteiger partial charge in [-0.15, -0.1) is 0 Å². The molecule has 100 valence electrons. The number of nitrogens with one attached hydrogen (secondary N) is 1. The Morgan fingerprint density at radius 3 is 2.65 bits per heavy atom. The van der Waals surface area contributed by atoms with Crippen molar-refractivity contribution in [2.45, 2.75) is 64.8 Å². The summed E-state index contributed by atoms with van der Waals surface area (Å²) in [7, 11) is 0. The van der Waals surface area contributed by atoms with Crippen LogP contribution in [0.5, 0.6) is 0 Å². The van der Waals surface area contributed by atoms with E-state index in [1.165, 1.54) is 25.7 Å². The normalized spacial score (nSPS) is 18.9. The third-order valence-corrected chi connectivity index (χ3v) is 3.47. The van der Waals surface area contributed by atoms with Crippen molar-refractivity contribution in [2.75, 3.05) is 13.2 Å². The Kier molecular flexibility index (Phi) is 7.25. The first-order chi connectivity index (χ1) is 8.24. The van der Waals surface area contributed by atoms with Gasteiger partial charge in [0.2, 0.25) is 5.91 Å². The highest BCUT2D eigenvalue weighted by Gasteiger charge is 2.22. The minimum atomic E-state index is 0.182. The molecule has 1 aliphatic heterocycles. The fourth-order valence-electron chi connectivity index (χ4n) is 2.27. The van der Waals surface area contributed by atoms with Gasteiger partial charge in [-0.2, -0.15) is 0 Å². The van der Waals surface area contributed by atoms with E-state index in [0.717, 1.165) is 32.5 Å². The summed E-state index contributed by atoms with van der Waals surface area (Å²) in [5.41, 5.74) is 0. The first-order valence-corrected chi connectivity index (χ1v) is 7.12. The van der Waals surface area contributed by atoms with Gasteiger partial charge in [-0.05, 0) is 26.2 Å². The predicted octanol–water partition coefficient (Wildman–Crippen LogP) is 2.89. The molecular formula is C14H27NO2. The molecule has 0 aromatic heterocycles. The molecule has 3 heteroatoms. The molecule has 3 nitrogen and oxygen atoms in total. The van der Waals surface area contributed by atoms with Gasteiger partial charge in [0, 0.05) is 25.2 Å². The minimum Gasteiger partial charge on any atom is -0.381 e. The molecule has 1 amide bonds. The van der Waals surface area contributed by atoms with Crippen LogP contribution in [0.25, 0.3) is 0 Å². The molecular weight excluding hydrogens is 214 g/mol. The van der Waals surface area contributed by atoms with Crippen LogP contribution in [0, 0.1) is 5.92 Å². The van der Waals surface area contributed by atoms with Crippen molar-refractivity contribution in [1.82, 2.24) is 5.32 Å². The van der Waals surface area contributed by atoms with Gasteiger partial charge in [0.25, 0.3) is 0 Å². The van der Waals surface area contributed by atoms with E-state index < -0.39 is 0 Å². The number of carbonyl (C=O) groups excluding carboxylic acids is 1. The molecule has 1 unspecified atom stereocenters. The van der Waals surface area contributed by atoms with Crippen molar-refractivity contribution in [3.8, 4) is 0 Å². The molecule has 0 radical (unpaired) electrons. The lowest BCUT2D eigenvalue weighted by Crippen LogP contribution is -2.39. The van der Waals surface area contributed by atoms with Crippen LogP contribution in [-0.2, 0) is 9.53 Å². The quantitative estimate of drug-likeness (QED) is 0.696. The van der Waals surface area contributed by atoms with E-state index in [0.29, 0.717) is 6.04 Å². The van der Waals surface area contributed by atoms with Crippen LogP contribution < -0.4 is 5.32 Å². The molecule has 1 fully saturated rings. The number of hydrogen-bond acceptors (Lipinski definition) is 2. The summed E-state index contributed by atoms with van der Waals surface area (Å²) in [4.78, 5) is 11.9. The molecule has 1 N–H and O–H groups in total. The number of carbonyl (C=O) groups is 1. The third-order valence-electron chi connectivity index (χ3n) is 3.47. The van der Waals surface area contributed by atoms with Crippen LogP contribution in [0.2, 0.25) is 0 Å². The number of rotatable bonds is 7. The van der Waals surface area contributed by atoms with Gasteiger partial charge in [-0.1, -0.05) is 32.6 Å². The molecule has 0 aromatic rings. The number of unbranched alkanes of at least 4 members (excludes halogenated alkanes) is 3. The van der Waals surface area contributed by atoms with Gasteiger partial charge in [0.05, 0.1) is 0 Å². The zero-order chi connectivity index (χ0) is 12.5. The summed E-state index contributed by atoms with van der Waals surface area (Å²) in [6, 6.07) is 0.321. The van der Waals surface area contributed by atoms with Crippen molar-refractivity contribution < 1.29 is 9.53 Å². The molecule has 0 aromatic carbocycles. The van der Waals surface area contributed by atoms with Gasteiger partial charge in [-0.25, -0.2) is 0 Å². The molecule has 1 saturated heterocycles. The fourth-order valence-corrected chi connectivity index (χ4v) is 2.27. The van der Waals surface area contributed by atoms with E-state index in [4.69, 9.17) is 4.74 Å². The minimum absolute atomic E-state index is 0.182. The molecule has 1 rings (SSSR count). The summed E-state index contributed by atoms with van der Waals surface area (Å²) in [5.74, 6) is 0.415. The molecule has 0 spiro atoms. The molecule has 1 heterocycles. The second-order valence-electron chi connectivity index (χ2n) is 5.15. The van der Waals surface area contributed by atoms with Crippen molar-refractivity contribution in [2.24, 2.45) is 5.92 Å². The van der Waals surface area contributed by atoms with Crippen molar-refractivity contribution in [1.29, 1.82) is 0 Å². The van der Waals surface area contributed by atoms with Gasteiger partial charge in [0.15, 0.2) is 0 Å². The largest absolute Gasteiger partial charge is 0.381 e. The molecule has 1 aliphatic rings. The van der Waals surface area contributed by atoms with E-state index in [2.05, 4.69) is 19.2 Å². The van der Waals surface area contributed by atoms with Crippen LogP contribution in [0.4, 0.5) is 0 Å². The highest BCUT2D eigenvalue weighted by molar-refractivity contribution is 5.78. The maximum Gasteiger partial charge on any atom is 0.223 e. The van der Waals surface area contributed by atoms with Crippen molar-refractivity contribution >= 4 is 5.91 Å². The number of ether oxygens (including phenoxy) is 1. The molecule has 0 aliphatic carbocycles. The lowest BCUT2D eigenvalue weighted by molar-refractivity contribution is -0.128. The topological polar surface area (TPSA) is 38.3 Å². The Balaban J connectivity index is 2.11. The predicted molar refractivity (Wildman–Crippen MR) is 69.9 cm³/mol. The van der Waals surface area contributed by atoms with Crippen molar-refractivity contribution in [3.05, 3.63) is 0 Å². The standard InChI is InChI=1S/C14H27NO2/c1-3-4-5-6-7-12(2)15-14(16)13-8-10-17-11-9-13/h12-13H,3-11H2,1-2H3,(H,15,16). The smallest absolute Gasteiger partial charge is 0.223 e. The Morgan fingerprint density at radius 1 is 1.29 bits per heavy atom. The average Bonchev–Trinajstić information content (AvgIpc) is 2.36. The van der Waals surface area contributed by atoms with E-state index in [1.807, 2.05) is 0 Å². The maximum absolute atomic E-state index is 11.9. The Labute approximate surface area is 105 Å².